The Balaban J connectivity index is 4.20. The molecule has 0 aliphatic rings. The van der Waals surface area contributed by atoms with E-state index in [9.17, 15) is 14.4 Å². The first-order valence-electron chi connectivity index (χ1n) is 33.4. The summed E-state index contributed by atoms with van der Waals surface area (Å²) in [5, 5.41) is 0. The minimum Gasteiger partial charge on any atom is -0.462 e. The molecule has 446 valence electrons. The molecule has 0 aromatic rings. The highest BCUT2D eigenvalue weighted by Crippen LogP contribution is 2.17. The third-order valence-corrected chi connectivity index (χ3v) is 14.7. The minimum absolute atomic E-state index is 0.0716. The zero-order chi connectivity index (χ0) is 55.7. The Bertz CT molecular complexity index is 1420. The van der Waals surface area contributed by atoms with Crippen molar-refractivity contribution in [3.05, 3.63) is 72.9 Å². The van der Waals surface area contributed by atoms with Gasteiger partial charge in [0, 0.05) is 19.3 Å². The van der Waals surface area contributed by atoms with Gasteiger partial charge in [-0.15, -0.1) is 0 Å². The van der Waals surface area contributed by atoms with E-state index in [4.69, 9.17) is 14.2 Å². The molecule has 0 saturated heterocycles. The van der Waals surface area contributed by atoms with Crippen LogP contribution in [-0.4, -0.2) is 37.2 Å². The third kappa shape index (κ3) is 63.6. The maximum Gasteiger partial charge on any atom is 0.306 e. The topological polar surface area (TPSA) is 78.9 Å². The van der Waals surface area contributed by atoms with Gasteiger partial charge in [0.05, 0.1) is 0 Å². The molecule has 1 atom stereocenters. The molecule has 0 amide bonds. The van der Waals surface area contributed by atoms with Crippen molar-refractivity contribution in [3.8, 4) is 0 Å². The first kappa shape index (κ1) is 73.8. The summed E-state index contributed by atoms with van der Waals surface area (Å²) in [6, 6.07) is 0. The number of hydrogen-bond acceptors (Lipinski definition) is 6. The average Bonchev–Trinajstić information content (AvgIpc) is 3.43. The molecule has 77 heavy (non-hydrogen) atoms. The van der Waals surface area contributed by atoms with Gasteiger partial charge >= 0.3 is 17.9 Å². The van der Waals surface area contributed by atoms with Gasteiger partial charge in [0.15, 0.2) is 6.10 Å². The lowest BCUT2D eigenvalue weighted by molar-refractivity contribution is -0.167. The summed E-state index contributed by atoms with van der Waals surface area (Å²) in [4.78, 5) is 38.3. The standard InChI is InChI=1S/C71H126O6/c1-4-7-10-13-16-19-22-24-26-28-30-31-32-33-34-35-36-37-38-39-41-42-44-46-49-52-55-58-61-64-70(73)76-67-68(66-75-69(72)63-60-57-54-51-48-21-18-15-12-9-6-3)77-71(74)65-62-59-56-53-50-47-45-43-40-29-27-25-23-20-17-14-11-8-5-2/h7,10,16,19,24-27,30-31,33-34,68H,4-6,8-9,11-15,17-18,20-23,28-29,32,35-67H2,1-3H3/b10-7-,19-16-,26-24-,27-25-,31-30-,34-33-. The van der Waals surface area contributed by atoms with Gasteiger partial charge in [-0.25, -0.2) is 0 Å². The highest BCUT2D eigenvalue weighted by Gasteiger charge is 2.19. The van der Waals surface area contributed by atoms with Gasteiger partial charge in [-0.05, 0) is 89.9 Å². The van der Waals surface area contributed by atoms with Gasteiger partial charge < -0.3 is 14.2 Å². The van der Waals surface area contributed by atoms with Gasteiger partial charge in [0.1, 0.15) is 13.2 Å². The fourth-order valence-corrected chi connectivity index (χ4v) is 9.70. The Morgan fingerprint density at radius 1 is 0.273 bits per heavy atom. The number of allylic oxidation sites excluding steroid dienone is 12. The number of ether oxygens (including phenoxy) is 3. The number of unbranched alkanes of at least 4 members (excludes halogenated alkanes) is 38. The summed E-state index contributed by atoms with van der Waals surface area (Å²) >= 11 is 0. The predicted molar refractivity (Wildman–Crippen MR) is 335 cm³/mol. The maximum absolute atomic E-state index is 12.9. The van der Waals surface area contributed by atoms with Crippen molar-refractivity contribution in [2.75, 3.05) is 13.2 Å². The van der Waals surface area contributed by atoms with E-state index in [-0.39, 0.29) is 31.1 Å². The van der Waals surface area contributed by atoms with Gasteiger partial charge in [0.25, 0.3) is 0 Å². The summed E-state index contributed by atoms with van der Waals surface area (Å²) in [7, 11) is 0. The molecule has 0 radical (unpaired) electrons. The summed E-state index contributed by atoms with van der Waals surface area (Å²) in [5.74, 6) is -0.858. The lowest BCUT2D eigenvalue weighted by Gasteiger charge is -2.18. The van der Waals surface area contributed by atoms with Gasteiger partial charge in [-0.3, -0.25) is 14.4 Å². The van der Waals surface area contributed by atoms with Crippen LogP contribution in [0.15, 0.2) is 72.9 Å². The molecule has 0 fully saturated rings. The average molecular weight is 1080 g/mol. The van der Waals surface area contributed by atoms with Crippen LogP contribution in [0.3, 0.4) is 0 Å². The molecule has 0 aromatic carbocycles. The molecule has 0 heterocycles. The lowest BCUT2D eigenvalue weighted by atomic mass is 10.0. The predicted octanol–water partition coefficient (Wildman–Crippen LogP) is 22.9. The fourth-order valence-electron chi connectivity index (χ4n) is 9.70. The van der Waals surface area contributed by atoms with Gasteiger partial charge in [-0.1, -0.05) is 306 Å². The SMILES string of the molecule is CC/C=C\C/C=C\C/C=C\C/C=C\C/C=C\CCCCCCCCCCCCCCCC(=O)OCC(COC(=O)CCCCCCCCCCCCC)OC(=O)CCCCCCCCCCC/C=C\CCCCCCCC. The molecule has 6 nitrogen and oxygen atoms in total. The smallest absolute Gasteiger partial charge is 0.306 e. The molecular weight excluding hydrogens is 949 g/mol. The monoisotopic (exact) mass is 1070 g/mol. The molecule has 0 spiro atoms. The molecule has 0 N–H and O–H groups in total. The second-order valence-corrected chi connectivity index (χ2v) is 22.4. The van der Waals surface area contributed by atoms with E-state index in [1.807, 2.05) is 0 Å². The molecule has 1 unspecified atom stereocenters. The van der Waals surface area contributed by atoms with Crippen molar-refractivity contribution in [1.29, 1.82) is 0 Å². The number of carbonyl (C=O) groups excluding carboxylic acids is 3. The molecule has 6 heteroatoms. The molecular formula is C71H126O6. The molecule has 0 aliphatic heterocycles. The van der Waals surface area contributed by atoms with E-state index >= 15 is 0 Å². The van der Waals surface area contributed by atoms with Crippen LogP contribution in [0.5, 0.6) is 0 Å². The van der Waals surface area contributed by atoms with Crippen LogP contribution in [0.1, 0.15) is 342 Å². The zero-order valence-corrected chi connectivity index (χ0v) is 51.2. The largest absolute Gasteiger partial charge is 0.462 e. The zero-order valence-electron chi connectivity index (χ0n) is 51.2. The molecule has 0 bridgehead atoms. The van der Waals surface area contributed by atoms with Crippen molar-refractivity contribution in [3.63, 3.8) is 0 Å². The second-order valence-electron chi connectivity index (χ2n) is 22.4. The van der Waals surface area contributed by atoms with Crippen molar-refractivity contribution in [1.82, 2.24) is 0 Å². The van der Waals surface area contributed by atoms with Crippen molar-refractivity contribution in [2.45, 2.75) is 348 Å². The molecule has 0 rings (SSSR count). The second kappa shape index (κ2) is 65.4. The molecule has 0 aliphatic carbocycles. The van der Waals surface area contributed by atoms with Crippen LogP contribution < -0.4 is 0 Å². The first-order chi connectivity index (χ1) is 38.0. The van der Waals surface area contributed by atoms with Crippen molar-refractivity contribution in [2.24, 2.45) is 0 Å². The first-order valence-corrected chi connectivity index (χ1v) is 33.4. The van der Waals surface area contributed by atoms with Crippen LogP contribution in [0.4, 0.5) is 0 Å². The summed E-state index contributed by atoms with van der Waals surface area (Å²) in [6.07, 6.45) is 84.9. The van der Waals surface area contributed by atoms with Crippen LogP contribution in [-0.2, 0) is 28.6 Å². The Morgan fingerprint density at radius 3 is 0.805 bits per heavy atom. The van der Waals surface area contributed by atoms with Crippen LogP contribution in [0, 0.1) is 0 Å². The fraction of sp³-hybridized carbons (Fsp3) is 0.789. The number of carbonyl (C=O) groups is 3. The number of esters is 3. The van der Waals surface area contributed by atoms with Gasteiger partial charge in [0.2, 0.25) is 0 Å². The van der Waals surface area contributed by atoms with E-state index in [2.05, 4.69) is 93.7 Å². The Labute approximate surface area is 478 Å². The molecule has 0 saturated carbocycles. The normalized spacial score (nSPS) is 12.5. The summed E-state index contributed by atoms with van der Waals surface area (Å²) in [6.45, 7) is 6.56. The summed E-state index contributed by atoms with van der Waals surface area (Å²) in [5.41, 5.74) is 0. The highest BCUT2D eigenvalue weighted by atomic mass is 16.6. The van der Waals surface area contributed by atoms with Crippen LogP contribution in [0.25, 0.3) is 0 Å². The Hall–Kier alpha value is -3.15. The number of hydrogen-bond donors (Lipinski definition) is 0. The van der Waals surface area contributed by atoms with E-state index in [0.29, 0.717) is 19.3 Å². The van der Waals surface area contributed by atoms with Crippen molar-refractivity contribution >= 4 is 17.9 Å². The highest BCUT2D eigenvalue weighted by molar-refractivity contribution is 5.71. The van der Waals surface area contributed by atoms with Gasteiger partial charge in [-0.2, -0.15) is 0 Å². The van der Waals surface area contributed by atoms with Crippen molar-refractivity contribution < 1.29 is 28.6 Å². The molecule has 0 aromatic heterocycles. The summed E-state index contributed by atoms with van der Waals surface area (Å²) < 4.78 is 16.9. The number of rotatable bonds is 61. The van der Waals surface area contributed by atoms with E-state index in [0.717, 1.165) is 89.9 Å². The Morgan fingerprint density at radius 2 is 0.506 bits per heavy atom. The van der Waals surface area contributed by atoms with E-state index in [1.165, 1.54) is 212 Å². The lowest BCUT2D eigenvalue weighted by Crippen LogP contribution is -2.30. The van der Waals surface area contributed by atoms with E-state index < -0.39 is 6.10 Å². The Kier molecular flexibility index (Phi) is 62.7. The third-order valence-electron chi connectivity index (χ3n) is 14.7. The quantitative estimate of drug-likeness (QED) is 0.0261. The van der Waals surface area contributed by atoms with E-state index in [1.54, 1.807) is 0 Å². The van der Waals surface area contributed by atoms with Crippen LogP contribution >= 0.6 is 0 Å². The minimum atomic E-state index is -0.774. The van der Waals surface area contributed by atoms with Crippen LogP contribution in [0.2, 0.25) is 0 Å². The maximum atomic E-state index is 12.9.